The number of rotatable bonds is 2. The fourth-order valence-corrected chi connectivity index (χ4v) is 2.08. The minimum absolute atomic E-state index is 0.00752. The molecule has 0 N–H and O–H groups in total. The number of halogens is 3. The number of ether oxygens (including phenoxy) is 1. The van der Waals surface area contributed by atoms with Crippen molar-refractivity contribution in [1.82, 2.24) is 9.97 Å². The molecule has 1 saturated heterocycles. The molecule has 0 bridgehead atoms. The Bertz CT molecular complexity index is 489. The number of hydrogen-bond donors (Lipinski definition) is 0. The summed E-state index contributed by atoms with van der Waals surface area (Å²) in [5.74, 6) is -2.97. The highest BCUT2D eigenvalue weighted by Gasteiger charge is 2.35. The first-order chi connectivity index (χ1) is 8.93. The van der Waals surface area contributed by atoms with Gasteiger partial charge < -0.3 is 9.64 Å². The second-order valence-corrected chi connectivity index (χ2v) is 4.56. The van der Waals surface area contributed by atoms with Crippen LogP contribution in [0.4, 0.5) is 14.6 Å². The minimum Gasteiger partial charge on any atom is -0.464 e. The number of carbonyl (C=O) groups excluding carboxylic acids is 1. The smallest absolute Gasteiger partial charge is 0.358 e. The highest BCUT2D eigenvalue weighted by Crippen LogP contribution is 2.31. The van der Waals surface area contributed by atoms with Crippen LogP contribution in [0.1, 0.15) is 23.3 Å². The quantitative estimate of drug-likeness (QED) is 0.782. The third-order valence-corrected chi connectivity index (χ3v) is 3.15. The molecular weight excluding hydrogens is 280 g/mol. The van der Waals surface area contributed by atoms with Crippen LogP contribution in [0.5, 0.6) is 0 Å². The molecule has 1 aliphatic rings. The number of carbonyl (C=O) groups is 1. The van der Waals surface area contributed by atoms with E-state index in [9.17, 15) is 13.6 Å². The molecule has 0 amide bonds. The fourth-order valence-electron chi connectivity index (χ4n) is 1.82. The first-order valence-electron chi connectivity index (χ1n) is 5.66. The SMILES string of the molecule is COC(=O)c1cnc(N2CCC(F)(F)CC2)c(Cl)n1. The van der Waals surface area contributed by atoms with E-state index in [4.69, 9.17) is 11.6 Å². The van der Waals surface area contributed by atoms with Crippen molar-refractivity contribution in [2.45, 2.75) is 18.8 Å². The van der Waals surface area contributed by atoms with E-state index in [0.29, 0.717) is 5.82 Å². The second-order valence-electron chi connectivity index (χ2n) is 4.20. The maximum absolute atomic E-state index is 13.1. The number of anilines is 1. The first-order valence-corrected chi connectivity index (χ1v) is 6.04. The molecule has 2 rings (SSSR count). The maximum Gasteiger partial charge on any atom is 0.358 e. The number of alkyl halides is 2. The maximum atomic E-state index is 13.1. The zero-order valence-electron chi connectivity index (χ0n) is 10.2. The van der Waals surface area contributed by atoms with Gasteiger partial charge in [0.25, 0.3) is 5.92 Å². The molecule has 1 aliphatic heterocycles. The molecule has 8 heteroatoms. The standard InChI is InChI=1S/C11H12ClF2N3O2/c1-19-10(18)7-6-15-9(8(12)16-7)17-4-2-11(13,14)3-5-17/h6H,2-5H2,1H3. The van der Waals surface area contributed by atoms with E-state index < -0.39 is 11.9 Å². The van der Waals surface area contributed by atoms with Crippen molar-refractivity contribution >= 4 is 23.4 Å². The van der Waals surface area contributed by atoms with Gasteiger partial charge in [-0.3, -0.25) is 0 Å². The average Bonchev–Trinajstić information content (AvgIpc) is 2.38. The van der Waals surface area contributed by atoms with Crippen molar-refractivity contribution < 1.29 is 18.3 Å². The van der Waals surface area contributed by atoms with Crippen molar-refractivity contribution in [3.8, 4) is 0 Å². The number of methoxy groups -OCH3 is 1. The minimum atomic E-state index is -2.64. The predicted octanol–water partition coefficient (Wildman–Crippen LogP) is 2.15. The topological polar surface area (TPSA) is 55.3 Å². The van der Waals surface area contributed by atoms with Crippen LogP contribution in [-0.4, -0.2) is 42.1 Å². The van der Waals surface area contributed by atoms with Crippen LogP contribution in [0.25, 0.3) is 0 Å². The van der Waals surface area contributed by atoms with Crippen LogP contribution in [0, 0.1) is 0 Å². The third kappa shape index (κ3) is 3.09. The Balaban J connectivity index is 2.16. The second kappa shape index (κ2) is 5.24. The van der Waals surface area contributed by atoms with Gasteiger partial charge in [0, 0.05) is 25.9 Å². The number of nitrogens with zero attached hydrogens (tertiary/aromatic N) is 3. The summed E-state index contributed by atoms with van der Waals surface area (Å²) in [6, 6.07) is 0. The van der Waals surface area contributed by atoms with E-state index in [1.807, 2.05) is 0 Å². The molecule has 0 spiro atoms. The van der Waals surface area contributed by atoms with Gasteiger partial charge >= 0.3 is 5.97 Å². The Morgan fingerprint density at radius 1 is 1.47 bits per heavy atom. The molecule has 0 unspecified atom stereocenters. The lowest BCUT2D eigenvalue weighted by Gasteiger charge is -2.32. The summed E-state index contributed by atoms with van der Waals surface area (Å²) in [5.41, 5.74) is -0.0152. The molecule has 1 fully saturated rings. The monoisotopic (exact) mass is 291 g/mol. The van der Waals surface area contributed by atoms with Gasteiger partial charge in [0.05, 0.1) is 13.3 Å². The normalized spacial score (nSPS) is 18.2. The van der Waals surface area contributed by atoms with Crippen molar-refractivity contribution in [3.05, 3.63) is 17.0 Å². The van der Waals surface area contributed by atoms with Crippen LogP contribution in [-0.2, 0) is 4.74 Å². The summed E-state index contributed by atoms with van der Waals surface area (Å²) in [4.78, 5) is 20.7. The molecule has 104 valence electrons. The molecule has 1 aromatic rings. The van der Waals surface area contributed by atoms with Gasteiger partial charge in [0.1, 0.15) is 0 Å². The summed E-state index contributed by atoms with van der Waals surface area (Å²) in [7, 11) is 1.22. The fraction of sp³-hybridized carbons (Fsp3) is 0.545. The van der Waals surface area contributed by atoms with Gasteiger partial charge in [-0.2, -0.15) is 0 Å². The van der Waals surface area contributed by atoms with Crippen LogP contribution in [0.15, 0.2) is 6.20 Å². The van der Waals surface area contributed by atoms with Gasteiger partial charge in [-0.25, -0.2) is 23.5 Å². The van der Waals surface area contributed by atoms with Crippen molar-refractivity contribution in [2.24, 2.45) is 0 Å². The molecule has 1 aromatic heterocycles. The Kier molecular flexibility index (Phi) is 3.84. The Morgan fingerprint density at radius 2 is 2.11 bits per heavy atom. The predicted molar refractivity (Wildman–Crippen MR) is 64.8 cm³/mol. The number of piperidine rings is 1. The molecule has 2 heterocycles. The summed E-state index contributed by atoms with van der Waals surface area (Å²) in [6.07, 6.45) is 0.729. The van der Waals surface area contributed by atoms with Crippen LogP contribution in [0.3, 0.4) is 0 Å². The molecule has 5 nitrogen and oxygen atoms in total. The van der Waals surface area contributed by atoms with Gasteiger partial charge in [-0.15, -0.1) is 0 Å². The summed E-state index contributed by atoms with van der Waals surface area (Å²) in [6.45, 7) is 0.304. The number of aromatic nitrogens is 2. The van der Waals surface area contributed by atoms with E-state index in [-0.39, 0.29) is 36.8 Å². The first kappa shape index (κ1) is 13.9. The zero-order valence-corrected chi connectivity index (χ0v) is 11.0. The van der Waals surface area contributed by atoms with E-state index in [1.54, 1.807) is 4.90 Å². The van der Waals surface area contributed by atoms with Gasteiger partial charge in [0.15, 0.2) is 16.7 Å². The van der Waals surface area contributed by atoms with E-state index >= 15 is 0 Å². The van der Waals surface area contributed by atoms with Crippen LogP contribution in [0.2, 0.25) is 5.15 Å². The lowest BCUT2D eigenvalue weighted by atomic mass is 10.1. The average molecular weight is 292 g/mol. The Labute approximate surface area is 113 Å². The summed E-state index contributed by atoms with van der Waals surface area (Å²) < 4.78 is 30.6. The van der Waals surface area contributed by atoms with E-state index in [1.165, 1.54) is 13.3 Å². The van der Waals surface area contributed by atoms with Crippen LogP contribution < -0.4 is 4.90 Å². The molecule has 0 atom stereocenters. The molecule has 0 aliphatic carbocycles. The summed E-state index contributed by atoms with van der Waals surface area (Å²) in [5, 5.41) is 0.00752. The molecule has 0 saturated carbocycles. The lowest BCUT2D eigenvalue weighted by molar-refractivity contribution is -0.0221. The van der Waals surface area contributed by atoms with Gasteiger partial charge in [-0.05, 0) is 0 Å². The molecule has 0 radical (unpaired) electrons. The van der Waals surface area contributed by atoms with Crippen molar-refractivity contribution in [1.29, 1.82) is 0 Å². The summed E-state index contributed by atoms with van der Waals surface area (Å²) >= 11 is 5.92. The zero-order chi connectivity index (χ0) is 14.0. The van der Waals surface area contributed by atoms with Crippen molar-refractivity contribution in [3.63, 3.8) is 0 Å². The third-order valence-electron chi connectivity index (χ3n) is 2.90. The van der Waals surface area contributed by atoms with Crippen molar-refractivity contribution in [2.75, 3.05) is 25.1 Å². The molecular formula is C11H12ClF2N3O2. The molecule has 19 heavy (non-hydrogen) atoms. The highest BCUT2D eigenvalue weighted by molar-refractivity contribution is 6.31. The largest absolute Gasteiger partial charge is 0.464 e. The van der Waals surface area contributed by atoms with E-state index in [2.05, 4.69) is 14.7 Å². The van der Waals surface area contributed by atoms with Gasteiger partial charge in [-0.1, -0.05) is 11.6 Å². The lowest BCUT2D eigenvalue weighted by Crippen LogP contribution is -2.40. The number of hydrogen-bond acceptors (Lipinski definition) is 5. The Hall–Kier alpha value is -1.50. The van der Waals surface area contributed by atoms with E-state index in [0.717, 1.165) is 0 Å². The molecule has 0 aromatic carbocycles. The number of esters is 1. The van der Waals surface area contributed by atoms with Gasteiger partial charge in [0.2, 0.25) is 0 Å². The van der Waals surface area contributed by atoms with Crippen LogP contribution >= 0.6 is 11.6 Å². The highest BCUT2D eigenvalue weighted by atomic mass is 35.5. The Morgan fingerprint density at radius 3 is 2.63 bits per heavy atom.